The second kappa shape index (κ2) is 6.95. The Morgan fingerprint density at radius 3 is 2.70 bits per heavy atom. The molecule has 1 aliphatic heterocycles. The van der Waals surface area contributed by atoms with Crippen molar-refractivity contribution in [2.75, 3.05) is 33.3 Å². The Bertz CT molecular complexity index is 450. The van der Waals surface area contributed by atoms with Gasteiger partial charge in [-0.15, -0.1) is 0 Å². The van der Waals surface area contributed by atoms with Crippen molar-refractivity contribution >= 4 is 17.5 Å². The average Bonchev–Trinajstić information content (AvgIpc) is 2.86. The highest BCUT2D eigenvalue weighted by molar-refractivity contribution is 6.30. The summed E-state index contributed by atoms with van der Waals surface area (Å²) in [5.41, 5.74) is 0. The molecule has 1 heterocycles. The number of likely N-dealkylation sites (N-methyl/N-ethyl adjacent to an activating group) is 1. The molecule has 0 aliphatic carbocycles. The standard InChI is InChI=1S/C15H21ClN2O2/c1-11-9-17-10-14(11)15(19)18(2)7-8-20-13-5-3-12(16)4-6-13/h3-6,11,14,17H,7-10H2,1-2H3/t11-,14-/m1/s1. The van der Waals surface area contributed by atoms with E-state index >= 15 is 0 Å². The molecule has 0 aromatic heterocycles. The van der Waals surface area contributed by atoms with E-state index in [0.717, 1.165) is 18.8 Å². The number of benzene rings is 1. The Morgan fingerprint density at radius 1 is 1.40 bits per heavy atom. The maximum Gasteiger partial charge on any atom is 0.227 e. The van der Waals surface area contributed by atoms with Crippen LogP contribution in [0.25, 0.3) is 0 Å². The van der Waals surface area contributed by atoms with Crippen molar-refractivity contribution in [1.29, 1.82) is 0 Å². The number of hydrogen-bond acceptors (Lipinski definition) is 3. The van der Waals surface area contributed by atoms with Crippen molar-refractivity contribution in [1.82, 2.24) is 10.2 Å². The number of nitrogens with one attached hydrogen (secondary N) is 1. The Hall–Kier alpha value is -1.26. The summed E-state index contributed by atoms with van der Waals surface area (Å²) in [7, 11) is 1.83. The third kappa shape index (κ3) is 3.87. The molecule has 1 amide bonds. The molecular weight excluding hydrogens is 276 g/mol. The smallest absolute Gasteiger partial charge is 0.227 e. The minimum atomic E-state index is 0.0931. The molecule has 2 atom stereocenters. The van der Waals surface area contributed by atoms with E-state index in [1.165, 1.54) is 0 Å². The molecule has 0 bridgehead atoms. The number of amides is 1. The summed E-state index contributed by atoms with van der Waals surface area (Å²) in [4.78, 5) is 14.0. The minimum Gasteiger partial charge on any atom is -0.492 e. The number of rotatable bonds is 5. The molecule has 1 aliphatic rings. The Labute approximate surface area is 125 Å². The van der Waals surface area contributed by atoms with Crippen LogP contribution in [-0.4, -0.2) is 44.1 Å². The van der Waals surface area contributed by atoms with Crippen molar-refractivity contribution in [3.05, 3.63) is 29.3 Å². The van der Waals surface area contributed by atoms with Gasteiger partial charge in [-0.25, -0.2) is 0 Å². The molecule has 0 spiro atoms. The largest absolute Gasteiger partial charge is 0.492 e. The lowest BCUT2D eigenvalue weighted by Gasteiger charge is -2.23. The fourth-order valence-corrected chi connectivity index (χ4v) is 2.49. The highest BCUT2D eigenvalue weighted by Gasteiger charge is 2.31. The number of carbonyl (C=O) groups is 1. The molecule has 110 valence electrons. The van der Waals surface area contributed by atoms with E-state index in [9.17, 15) is 4.79 Å². The second-order valence-electron chi connectivity index (χ2n) is 5.30. The molecule has 1 fully saturated rings. The molecule has 4 nitrogen and oxygen atoms in total. The van der Waals surface area contributed by atoms with Crippen LogP contribution in [0, 0.1) is 11.8 Å². The number of nitrogens with zero attached hydrogens (tertiary/aromatic N) is 1. The highest BCUT2D eigenvalue weighted by atomic mass is 35.5. The van der Waals surface area contributed by atoms with Crippen LogP contribution in [0.5, 0.6) is 5.75 Å². The molecule has 20 heavy (non-hydrogen) atoms. The first-order valence-electron chi connectivity index (χ1n) is 6.92. The number of halogens is 1. The van der Waals surface area contributed by atoms with Gasteiger partial charge in [-0.1, -0.05) is 18.5 Å². The molecule has 0 unspecified atom stereocenters. The van der Waals surface area contributed by atoms with Crippen molar-refractivity contribution in [3.8, 4) is 5.75 Å². The maximum atomic E-state index is 12.3. The summed E-state index contributed by atoms with van der Waals surface area (Å²) in [5.74, 6) is 1.46. The minimum absolute atomic E-state index is 0.0931. The number of hydrogen-bond donors (Lipinski definition) is 1. The van der Waals surface area contributed by atoms with E-state index in [1.807, 2.05) is 19.2 Å². The van der Waals surface area contributed by atoms with Gasteiger partial charge in [0.1, 0.15) is 12.4 Å². The van der Waals surface area contributed by atoms with Gasteiger partial charge in [0.25, 0.3) is 0 Å². The molecule has 1 aromatic rings. The number of ether oxygens (including phenoxy) is 1. The summed E-state index contributed by atoms with van der Waals surface area (Å²) in [5, 5.41) is 3.94. The van der Waals surface area contributed by atoms with Gasteiger partial charge in [-0.2, -0.15) is 0 Å². The molecule has 1 aromatic carbocycles. The zero-order chi connectivity index (χ0) is 14.5. The van der Waals surface area contributed by atoms with Gasteiger partial charge < -0.3 is 15.0 Å². The first kappa shape index (κ1) is 15.1. The third-order valence-corrected chi connectivity index (χ3v) is 3.97. The summed E-state index contributed by atoms with van der Waals surface area (Å²) < 4.78 is 5.60. The van der Waals surface area contributed by atoms with E-state index in [0.29, 0.717) is 24.1 Å². The Morgan fingerprint density at radius 2 is 2.10 bits per heavy atom. The lowest BCUT2D eigenvalue weighted by Crippen LogP contribution is -2.38. The average molecular weight is 297 g/mol. The zero-order valence-corrected chi connectivity index (χ0v) is 12.7. The van der Waals surface area contributed by atoms with Gasteiger partial charge in [0.15, 0.2) is 0 Å². The summed E-state index contributed by atoms with van der Waals surface area (Å²) in [6.45, 7) is 4.89. The van der Waals surface area contributed by atoms with E-state index in [-0.39, 0.29) is 11.8 Å². The van der Waals surface area contributed by atoms with Gasteiger partial charge in [-0.05, 0) is 36.7 Å². The molecule has 0 radical (unpaired) electrons. The van der Waals surface area contributed by atoms with Crippen molar-refractivity contribution in [2.24, 2.45) is 11.8 Å². The lowest BCUT2D eigenvalue weighted by atomic mass is 9.97. The quantitative estimate of drug-likeness (QED) is 0.904. The molecule has 5 heteroatoms. The van der Waals surface area contributed by atoms with Crippen molar-refractivity contribution in [2.45, 2.75) is 6.92 Å². The molecule has 2 rings (SSSR count). The molecule has 0 saturated carbocycles. The van der Waals surface area contributed by atoms with Crippen LogP contribution in [0.2, 0.25) is 5.02 Å². The Kier molecular flexibility index (Phi) is 5.26. The van der Waals surface area contributed by atoms with Gasteiger partial charge >= 0.3 is 0 Å². The van der Waals surface area contributed by atoms with E-state index in [4.69, 9.17) is 16.3 Å². The maximum absolute atomic E-state index is 12.3. The highest BCUT2D eigenvalue weighted by Crippen LogP contribution is 2.18. The first-order chi connectivity index (χ1) is 9.58. The van der Waals surface area contributed by atoms with Crippen LogP contribution in [0.3, 0.4) is 0 Å². The monoisotopic (exact) mass is 296 g/mol. The van der Waals surface area contributed by atoms with Crippen molar-refractivity contribution < 1.29 is 9.53 Å². The van der Waals surface area contributed by atoms with Crippen LogP contribution in [0.4, 0.5) is 0 Å². The number of carbonyl (C=O) groups excluding carboxylic acids is 1. The summed E-state index contributed by atoms with van der Waals surface area (Å²) >= 11 is 5.81. The van der Waals surface area contributed by atoms with Crippen LogP contribution < -0.4 is 10.1 Å². The van der Waals surface area contributed by atoms with Crippen LogP contribution in [-0.2, 0) is 4.79 Å². The topological polar surface area (TPSA) is 41.6 Å². The lowest BCUT2D eigenvalue weighted by molar-refractivity contribution is -0.134. The predicted octanol–water partition coefficient (Wildman–Crippen LogP) is 2.03. The Balaban J connectivity index is 1.75. The molecule has 1 saturated heterocycles. The summed E-state index contributed by atoms with van der Waals surface area (Å²) in [6, 6.07) is 7.23. The van der Waals surface area contributed by atoms with Gasteiger partial charge in [0, 0.05) is 18.6 Å². The van der Waals surface area contributed by atoms with Crippen LogP contribution in [0.15, 0.2) is 24.3 Å². The second-order valence-corrected chi connectivity index (χ2v) is 5.74. The van der Waals surface area contributed by atoms with Gasteiger partial charge in [-0.3, -0.25) is 4.79 Å². The van der Waals surface area contributed by atoms with Crippen LogP contribution >= 0.6 is 11.6 Å². The molecular formula is C15H21ClN2O2. The van der Waals surface area contributed by atoms with E-state index in [1.54, 1.807) is 17.0 Å². The molecule has 1 N–H and O–H groups in total. The zero-order valence-electron chi connectivity index (χ0n) is 11.9. The van der Waals surface area contributed by atoms with Crippen LogP contribution in [0.1, 0.15) is 6.92 Å². The fraction of sp³-hybridized carbons (Fsp3) is 0.533. The first-order valence-corrected chi connectivity index (χ1v) is 7.30. The SMILES string of the molecule is C[C@@H]1CNC[C@H]1C(=O)N(C)CCOc1ccc(Cl)cc1. The van der Waals surface area contributed by atoms with Gasteiger partial charge in [0.05, 0.1) is 12.5 Å². The third-order valence-electron chi connectivity index (χ3n) is 3.72. The van der Waals surface area contributed by atoms with Gasteiger partial charge in [0.2, 0.25) is 5.91 Å². The van der Waals surface area contributed by atoms with Crippen molar-refractivity contribution in [3.63, 3.8) is 0 Å². The normalized spacial score (nSPS) is 21.8. The summed E-state index contributed by atoms with van der Waals surface area (Å²) in [6.07, 6.45) is 0. The van der Waals surface area contributed by atoms with E-state index < -0.39 is 0 Å². The fourth-order valence-electron chi connectivity index (χ4n) is 2.37. The predicted molar refractivity (Wildman–Crippen MR) is 80.1 cm³/mol. The van der Waals surface area contributed by atoms with E-state index in [2.05, 4.69) is 12.2 Å².